The van der Waals surface area contributed by atoms with Gasteiger partial charge in [0.1, 0.15) is 0 Å². The fourth-order valence-electron chi connectivity index (χ4n) is 2.07. The number of rotatable bonds is 5. The number of amides is 1. The summed E-state index contributed by atoms with van der Waals surface area (Å²) in [6.45, 7) is 6.21. The van der Waals surface area contributed by atoms with Crippen molar-refractivity contribution in [2.24, 2.45) is 0 Å². The van der Waals surface area contributed by atoms with Crippen LogP contribution in [0.15, 0.2) is 10.5 Å². The average molecular weight is 434 g/mol. The second-order valence-electron chi connectivity index (χ2n) is 5.10. The second kappa shape index (κ2) is 7.20. The van der Waals surface area contributed by atoms with Crippen molar-refractivity contribution in [3.8, 4) is 0 Å². The number of hydrogen-bond acceptors (Lipinski definition) is 3. The standard InChI is InChI=1S/C15H18Br2N2OS/c1-4-5-6-10(16)14(20)19-15-18-12-8(2)7-11(17)9(3)13(12)21-15/h7,10H,4-6H2,1-3H3,(H,18,19,20). The van der Waals surface area contributed by atoms with Gasteiger partial charge in [-0.25, -0.2) is 4.98 Å². The molecule has 2 aromatic rings. The molecule has 0 fully saturated rings. The summed E-state index contributed by atoms with van der Waals surface area (Å²) in [5.74, 6) is -0.0168. The van der Waals surface area contributed by atoms with Crippen LogP contribution in [0, 0.1) is 13.8 Å². The third-order valence-corrected chi connectivity index (χ3v) is 6.16. The molecule has 21 heavy (non-hydrogen) atoms. The highest BCUT2D eigenvalue weighted by molar-refractivity contribution is 9.10. The van der Waals surface area contributed by atoms with Crippen LogP contribution in [-0.4, -0.2) is 15.7 Å². The smallest absolute Gasteiger partial charge is 0.239 e. The maximum Gasteiger partial charge on any atom is 0.239 e. The number of hydrogen-bond donors (Lipinski definition) is 1. The van der Waals surface area contributed by atoms with Gasteiger partial charge in [-0.2, -0.15) is 0 Å². The van der Waals surface area contributed by atoms with Crippen molar-refractivity contribution in [2.75, 3.05) is 5.32 Å². The van der Waals surface area contributed by atoms with Gasteiger partial charge in [-0.3, -0.25) is 4.79 Å². The van der Waals surface area contributed by atoms with E-state index in [0.29, 0.717) is 5.13 Å². The van der Waals surface area contributed by atoms with E-state index in [1.807, 2.05) is 6.92 Å². The topological polar surface area (TPSA) is 42.0 Å². The molecule has 1 N–H and O–H groups in total. The fraction of sp³-hybridized carbons (Fsp3) is 0.467. The number of aromatic nitrogens is 1. The number of alkyl halides is 1. The van der Waals surface area contributed by atoms with E-state index < -0.39 is 0 Å². The number of nitrogens with zero attached hydrogens (tertiary/aromatic N) is 1. The molecule has 0 saturated heterocycles. The van der Waals surface area contributed by atoms with Crippen molar-refractivity contribution < 1.29 is 4.79 Å². The number of halogens is 2. The van der Waals surface area contributed by atoms with Gasteiger partial charge in [0.2, 0.25) is 5.91 Å². The molecule has 1 heterocycles. The lowest BCUT2D eigenvalue weighted by molar-refractivity contribution is -0.115. The zero-order chi connectivity index (χ0) is 15.6. The first kappa shape index (κ1) is 16.9. The maximum absolute atomic E-state index is 12.1. The molecule has 0 aliphatic rings. The first-order valence-electron chi connectivity index (χ1n) is 6.95. The van der Waals surface area contributed by atoms with Gasteiger partial charge in [-0.15, -0.1) is 0 Å². The summed E-state index contributed by atoms with van der Waals surface area (Å²) in [6.07, 6.45) is 2.97. The second-order valence-corrected chi connectivity index (χ2v) is 8.05. The highest BCUT2D eigenvalue weighted by Gasteiger charge is 2.17. The van der Waals surface area contributed by atoms with Crippen LogP contribution in [0.3, 0.4) is 0 Å². The van der Waals surface area contributed by atoms with E-state index in [-0.39, 0.29) is 10.7 Å². The Kier molecular flexibility index (Phi) is 5.80. The molecule has 1 unspecified atom stereocenters. The Morgan fingerprint density at radius 3 is 2.86 bits per heavy atom. The van der Waals surface area contributed by atoms with Crippen LogP contribution in [-0.2, 0) is 4.79 Å². The number of thiazole rings is 1. The minimum atomic E-state index is -0.154. The number of unbranched alkanes of at least 4 members (excludes halogenated alkanes) is 1. The zero-order valence-electron chi connectivity index (χ0n) is 12.3. The molecule has 1 atom stereocenters. The molecule has 0 spiro atoms. The first-order chi connectivity index (χ1) is 9.93. The number of fused-ring (bicyclic) bond motifs is 1. The molecule has 1 amide bonds. The van der Waals surface area contributed by atoms with Gasteiger partial charge in [-0.1, -0.05) is 63.0 Å². The van der Waals surface area contributed by atoms with Gasteiger partial charge in [0.05, 0.1) is 15.0 Å². The summed E-state index contributed by atoms with van der Waals surface area (Å²) < 4.78 is 2.20. The molecule has 0 aliphatic heterocycles. The van der Waals surface area contributed by atoms with Crippen LogP contribution in [0.1, 0.15) is 37.3 Å². The Bertz CT molecular complexity index is 669. The van der Waals surface area contributed by atoms with Gasteiger partial charge in [0, 0.05) is 4.47 Å². The largest absolute Gasteiger partial charge is 0.301 e. The monoisotopic (exact) mass is 432 g/mol. The third-order valence-electron chi connectivity index (χ3n) is 3.37. The van der Waals surface area contributed by atoms with Crippen molar-refractivity contribution in [3.63, 3.8) is 0 Å². The predicted molar refractivity (Wildman–Crippen MR) is 97.7 cm³/mol. The molecule has 0 bridgehead atoms. The van der Waals surface area contributed by atoms with Crippen LogP contribution < -0.4 is 5.32 Å². The van der Waals surface area contributed by atoms with E-state index >= 15 is 0 Å². The lowest BCUT2D eigenvalue weighted by Crippen LogP contribution is -2.22. The van der Waals surface area contributed by atoms with E-state index in [1.165, 1.54) is 11.3 Å². The molecule has 0 saturated carbocycles. The number of anilines is 1. The Morgan fingerprint density at radius 2 is 2.19 bits per heavy atom. The molecule has 0 aliphatic carbocycles. The average Bonchev–Trinajstić information content (AvgIpc) is 2.86. The van der Waals surface area contributed by atoms with Crippen LogP contribution in [0.25, 0.3) is 10.2 Å². The zero-order valence-corrected chi connectivity index (χ0v) is 16.3. The Morgan fingerprint density at radius 1 is 1.48 bits per heavy atom. The molecule has 1 aromatic heterocycles. The van der Waals surface area contributed by atoms with E-state index in [9.17, 15) is 4.79 Å². The number of carbonyl (C=O) groups excluding carboxylic acids is 1. The Hall–Kier alpha value is -0.460. The van der Waals surface area contributed by atoms with Gasteiger partial charge in [0.15, 0.2) is 5.13 Å². The van der Waals surface area contributed by atoms with Gasteiger partial charge >= 0.3 is 0 Å². The van der Waals surface area contributed by atoms with E-state index in [4.69, 9.17) is 0 Å². The van der Waals surface area contributed by atoms with Crippen molar-refractivity contribution in [1.82, 2.24) is 4.98 Å². The third kappa shape index (κ3) is 3.85. The van der Waals surface area contributed by atoms with Crippen molar-refractivity contribution in [3.05, 3.63) is 21.7 Å². The maximum atomic E-state index is 12.1. The number of carbonyl (C=O) groups is 1. The molecule has 6 heteroatoms. The lowest BCUT2D eigenvalue weighted by atomic mass is 10.1. The molecule has 3 nitrogen and oxygen atoms in total. The summed E-state index contributed by atoms with van der Waals surface area (Å²) >= 11 is 8.53. The van der Waals surface area contributed by atoms with Crippen LogP contribution in [0.5, 0.6) is 0 Å². The van der Waals surface area contributed by atoms with Crippen molar-refractivity contribution in [1.29, 1.82) is 0 Å². The minimum Gasteiger partial charge on any atom is -0.301 e. The van der Waals surface area contributed by atoms with Crippen LogP contribution in [0.4, 0.5) is 5.13 Å². The van der Waals surface area contributed by atoms with Gasteiger partial charge in [0.25, 0.3) is 0 Å². The normalized spacial score (nSPS) is 12.6. The van der Waals surface area contributed by atoms with E-state index in [1.54, 1.807) is 0 Å². The quantitative estimate of drug-likeness (QED) is 0.626. The van der Waals surface area contributed by atoms with Crippen molar-refractivity contribution in [2.45, 2.75) is 44.9 Å². The molecule has 114 valence electrons. The SMILES string of the molecule is CCCCC(Br)C(=O)Nc1nc2c(C)cc(Br)c(C)c2s1. The van der Waals surface area contributed by atoms with E-state index in [0.717, 1.165) is 45.1 Å². The van der Waals surface area contributed by atoms with Crippen molar-refractivity contribution >= 4 is 64.5 Å². The number of benzene rings is 1. The van der Waals surface area contributed by atoms with Gasteiger partial charge in [-0.05, 0) is 37.5 Å². The first-order valence-corrected chi connectivity index (χ1v) is 9.47. The minimum absolute atomic E-state index is 0.0168. The summed E-state index contributed by atoms with van der Waals surface area (Å²) in [5.41, 5.74) is 3.24. The summed E-state index contributed by atoms with van der Waals surface area (Å²) in [5, 5.41) is 3.59. The molecule has 2 rings (SSSR count). The number of nitrogens with one attached hydrogen (secondary N) is 1. The summed E-state index contributed by atoms with van der Waals surface area (Å²) in [6, 6.07) is 2.07. The number of aryl methyl sites for hydroxylation is 2. The molecular weight excluding hydrogens is 416 g/mol. The Balaban J connectivity index is 2.22. The fourth-order valence-corrected chi connectivity index (χ4v) is 4.23. The molecule has 0 radical (unpaired) electrons. The van der Waals surface area contributed by atoms with E-state index in [2.05, 4.69) is 62.1 Å². The van der Waals surface area contributed by atoms with Crippen LogP contribution >= 0.6 is 43.2 Å². The highest BCUT2D eigenvalue weighted by Crippen LogP contribution is 2.35. The molecule has 1 aromatic carbocycles. The molecular formula is C15H18Br2N2OS. The lowest BCUT2D eigenvalue weighted by Gasteiger charge is -2.07. The van der Waals surface area contributed by atoms with Gasteiger partial charge < -0.3 is 5.32 Å². The Labute approximate surface area is 145 Å². The highest BCUT2D eigenvalue weighted by atomic mass is 79.9. The van der Waals surface area contributed by atoms with Crippen LogP contribution in [0.2, 0.25) is 0 Å². The summed E-state index contributed by atoms with van der Waals surface area (Å²) in [7, 11) is 0. The summed E-state index contributed by atoms with van der Waals surface area (Å²) in [4.78, 5) is 16.5. The predicted octanol–water partition coefficient (Wildman–Crippen LogP) is 5.57.